The third kappa shape index (κ3) is 4.02. The van der Waals surface area contributed by atoms with Gasteiger partial charge in [0.25, 0.3) is 0 Å². The predicted molar refractivity (Wildman–Crippen MR) is 81.2 cm³/mol. The van der Waals surface area contributed by atoms with Crippen molar-refractivity contribution in [1.29, 1.82) is 0 Å². The Kier molecular flexibility index (Phi) is 6.46. The van der Waals surface area contributed by atoms with Crippen LogP contribution in [-0.4, -0.2) is 51.1 Å². The number of methoxy groups -OCH3 is 2. The molecule has 124 valence electrons. The molecule has 0 bridgehead atoms. The normalized spacial score (nSPS) is 11.5. The molecule has 1 rings (SSSR count). The van der Waals surface area contributed by atoms with Gasteiger partial charge in [-0.25, -0.2) is 8.42 Å². The van der Waals surface area contributed by atoms with E-state index in [2.05, 4.69) is 0 Å². The fourth-order valence-corrected chi connectivity index (χ4v) is 3.81. The lowest BCUT2D eigenvalue weighted by Crippen LogP contribution is -2.36. The molecule has 0 aliphatic carbocycles. The lowest BCUT2D eigenvalue weighted by Gasteiger charge is -2.21. The number of benzene rings is 1. The second-order valence-electron chi connectivity index (χ2n) is 4.37. The molecule has 7 nitrogen and oxygen atoms in total. The molecule has 1 aromatic carbocycles. The first-order chi connectivity index (χ1) is 10.3. The molecule has 0 unspecified atom stereocenters. The van der Waals surface area contributed by atoms with Crippen LogP contribution in [0.3, 0.4) is 0 Å². The monoisotopic (exact) mass is 351 g/mol. The van der Waals surface area contributed by atoms with E-state index in [1.807, 2.05) is 0 Å². The number of carboxylic acids is 1. The molecule has 1 aromatic rings. The first kappa shape index (κ1) is 18.5. The molecule has 0 atom stereocenters. The molecule has 9 heteroatoms. The molecule has 0 spiro atoms. The molecular formula is C13H18ClNO6S. The minimum atomic E-state index is -4.06. The van der Waals surface area contributed by atoms with E-state index in [0.717, 1.165) is 4.31 Å². The molecule has 0 heterocycles. The Labute approximate surface area is 134 Å². The van der Waals surface area contributed by atoms with Crippen LogP contribution in [0.15, 0.2) is 17.0 Å². The SMILES string of the molecule is CCCN(CC(=O)O)S(=O)(=O)c1cc(Cl)c(OC)cc1OC. The summed E-state index contributed by atoms with van der Waals surface area (Å²) in [5.74, 6) is -0.943. The zero-order chi connectivity index (χ0) is 16.9. The van der Waals surface area contributed by atoms with Crippen LogP contribution in [0.4, 0.5) is 0 Å². The second kappa shape index (κ2) is 7.66. The standard InChI is InChI=1S/C13H18ClNO6S/c1-4-5-15(8-13(16)17)22(18,19)12-6-9(14)10(20-2)7-11(12)21-3/h6-7H,4-5,8H2,1-3H3,(H,16,17). The molecule has 22 heavy (non-hydrogen) atoms. The van der Waals surface area contributed by atoms with Crippen LogP contribution in [0.25, 0.3) is 0 Å². The Morgan fingerprint density at radius 2 is 1.86 bits per heavy atom. The van der Waals surface area contributed by atoms with Crippen LogP contribution in [0.2, 0.25) is 5.02 Å². The number of halogens is 1. The number of hydrogen-bond donors (Lipinski definition) is 1. The van der Waals surface area contributed by atoms with Crippen LogP contribution in [0.1, 0.15) is 13.3 Å². The second-order valence-corrected chi connectivity index (χ2v) is 6.68. The van der Waals surface area contributed by atoms with Crippen molar-refractivity contribution in [2.24, 2.45) is 0 Å². The number of hydrogen-bond acceptors (Lipinski definition) is 5. The van der Waals surface area contributed by atoms with Crippen LogP contribution >= 0.6 is 11.6 Å². The summed E-state index contributed by atoms with van der Waals surface area (Å²) in [5.41, 5.74) is 0. The average molecular weight is 352 g/mol. The number of sulfonamides is 1. The first-order valence-electron chi connectivity index (χ1n) is 6.41. The van der Waals surface area contributed by atoms with Gasteiger partial charge in [0.15, 0.2) is 0 Å². The zero-order valence-electron chi connectivity index (χ0n) is 12.5. The van der Waals surface area contributed by atoms with Gasteiger partial charge in [0, 0.05) is 12.6 Å². The quantitative estimate of drug-likeness (QED) is 0.768. The topological polar surface area (TPSA) is 93.1 Å². The Balaban J connectivity index is 3.42. The van der Waals surface area contributed by atoms with Crippen LogP contribution < -0.4 is 9.47 Å². The summed E-state index contributed by atoms with van der Waals surface area (Å²) in [6.07, 6.45) is 0.471. The minimum Gasteiger partial charge on any atom is -0.495 e. The number of rotatable bonds is 8. The van der Waals surface area contributed by atoms with Crippen molar-refractivity contribution in [1.82, 2.24) is 4.31 Å². The molecule has 0 aliphatic rings. The Morgan fingerprint density at radius 3 is 2.32 bits per heavy atom. The fourth-order valence-electron chi connectivity index (χ4n) is 1.86. The van der Waals surface area contributed by atoms with Gasteiger partial charge in [0.05, 0.1) is 19.2 Å². The van der Waals surface area contributed by atoms with Gasteiger partial charge in [-0.05, 0) is 12.5 Å². The highest BCUT2D eigenvalue weighted by Gasteiger charge is 2.30. The number of aliphatic carboxylic acids is 1. The number of carboxylic acid groups (broad SMARTS) is 1. The van der Waals surface area contributed by atoms with Gasteiger partial charge in [0.2, 0.25) is 10.0 Å². The lowest BCUT2D eigenvalue weighted by atomic mass is 10.3. The van der Waals surface area contributed by atoms with Gasteiger partial charge < -0.3 is 14.6 Å². The maximum Gasteiger partial charge on any atom is 0.318 e. The first-order valence-corrected chi connectivity index (χ1v) is 8.23. The fraction of sp³-hybridized carbons (Fsp3) is 0.462. The Bertz CT molecular complexity index is 646. The van der Waals surface area contributed by atoms with E-state index < -0.39 is 22.5 Å². The number of carbonyl (C=O) groups is 1. The summed E-state index contributed by atoms with van der Waals surface area (Å²) >= 11 is 5.97. The third-order valence-corrected chi connectivity index (χ3v) is 5.00. The highest BCUT2D eigenvalue weighted by Crippen LogP contribution is 2.36. The van der Waals surface area contributed by atoms with Gasteiger partial charge in [-0.15, -0.1) is 0 Å². The molecule has 0 saturated heterocycles. The zero-order valence-corrected chi connectivity index (χ0v) is 14.1. The van der Waals surface area contributed by atoms with Crippen molar-refractivity contribution in [3.05, 3.63) is 17.2 Å². The van der Waals surface area contributed by atoms with Crippen molar-refractivity contribution >= 4 is 27.6 Å². The van der Waals surface area contributed by atoms with E-state index in [1.54, 1.807) is 6.92 Å². The molecule has 1 N–H and O–H groups in total. The summed E-state index contributed by atoms with van der Waals surface area (Å²) in [5, 5.41) is 8.99. The van der Waals surface area contributed by atoms with Gasteiger partial charge in [-0.2, -0.15) is 4.31 Å². The van der Waals surface area contributed by atoms with Crippen molar-refractivity contribution < 1.29 is 27.8 Å². The Hall–Kier alpha value is -1.51. The van der Waals surface area contributed by atoms with Crippen LogP contribution in [0.5, 0.6) is 11.5 Å². The number of ether oxygens (including phenoxy) is 2. The molecular weight excluding hydrogens is 334 g/mol. The number of nitrogens with zero attached hydrogens (tertiary/aromatic N) is 1. The summed E-state index contributed by atoms with van der Waals surface area (Å²) in [7, 11) is -1.36. The van der Waals surface area contributed by atoms with E-state index >= 15 is 0 Å². The molecule has 0 fully saturated rings. The lowest BCUT2D eigenvalue weighted by molar-refractivity contribution is -0.137. The van der Waals surface area contributed by atoms with Crippen LogP contribution in [-0.2, 0) is 14.8 Å². The van der Waals surface area contributed by atoms with Crippen LogP contribution in [0, 0.1) is 0 Å². The van der Waals surface area contributed by atoms with Crippen molar-refractivity contribution in [2.45, 2.75) is 18.2 Å². The summed E-state index contributed by atoms with van der Waals surface area (Å²) in [6.45, 7) is 1.19. The van der Waals surface area contributed by atoms with Crippen molar-refractivity contribution in [2.75, 3.05) is 27.3 Å². The van der Waals surface area contributed by atoms with Crippen molar-refractivity contribution in [3.63, 3.8) is 0 Å². The van der Waals surface area contributed by atoms with Gasteiger partial charge in [0.1, 0.15) is 22.9 Å². The predicted octanol–water partition coefficient (Wildman–Crippen LogP) is 1.84. The van der Waals surface area contributed by atoms with E-state index in [-0.39, 0.29) is 28.0 Å². The molecule has 0 amide bonds. The minimum absolute atomic E-state index is 0.0349. The molecule has 0 aliphatic heterocycles. The highest BCUT2D eigenvalue weighted by atomic mass is 35.5. The van der Waals surface area contributed by atoms with E-state index in [0.29, 0.717) is 6.42 Å². The Morgan fingerprint density at radius 1 is 1.27 bits per heavy atom. The highest BCUT2D eigenvalue weighted by molar-refractivity contribution is 7.89. The van der Waals surface area contributed by atoms with E-state index in [1.165, 1.54) is 26.4 Å². The van der Waals surface area contributed by atoms with Gasteiger partial charge >= 0.3 is 5.97 Å². The van der Waals surface area contributed by atoms with E-state index in [9.17, 15) is 13.2 Å². The maximum absolute atomic E-state index is 12.7. The molecule has 0 saturated carbocycles. The summed E-state index contributed by atoms with van der Waals surface area (Å²) in [6, 6.07) is 2.54. The summed E-state index contributed by atoms with van der Waals surface area (Å²) in [4.78, 5) is 10.7. The largest absolute Gasteiger partial charge is 0.495 e. The molecule has 0 aromatic heterocycles. The van der Waals surface area contributed by atoms with Gasteiger partial charge in [-0.3, -0.25) is 4.79 Å². The maximum atomic E-state index is 12.7. The van der Waals surface area contributed by atoms with E-state index in [4.69, 9.17) is 26.2 Å². The van der Waals surface area contributed by atoms with Gasteiger partial charge in [-0.1, -0.05) is 18.5 Å². The average Bonchev–Trinajstić information content (AvgIpc) is 2.46. The third-order valence-electron chi connectivity index (χ3n) is 2.84. The smallest absolute Gasteiger partial charge is 0.318 e. The van der Waals surface area contributed by atoms with Crippen molar-refractivity contribution in [3.8, 4) is 11.5 Å². The summed E-state index contributed by atoms with van der Waals surface area (Å²) < 4.78 is 36.3. The molecule has 0 radical (unpaired) electrons.